The highest BCUT2D eigenvalue weighted by Crippen LogP contribution is 2.21. The van der Waals surface area contributed by atoms with E-state index in [0.717, 1.165) is 0 Å². The normalized spacial score (nSPS) is 12.1. The fourth-order valence-corrected chi connectivity index (χ4v) is 5.57. The molecule has 8 heteroatoms. The molecule has 0 aliphatic carbocycles. The van der Waals surface area contributed by atoms with Crippen molar-refractivity contribution in [3.05, 3.63) is 94.0 Å². The lowest BCUT2D eigenvalue weighted by Gasteiger charge is -2.08. The second-order valence-corrected chi connectivity index (χ2v) is 11.1. The van der Waals surface area contributed by atoms with Crippen molar-refractivity contribution in [1.82, 2.24) is 0 Å². The van der Waals surface area contributed by atoms with E-state index in [1.807, 2.05) is 0 Å². The lowest BCUT2D eigenvalue weighted by molar-refractivity contribution is 0.593. The monoisotopic (exact) mass is 454 g/mol. The predicted molar refractivity (Wildman–Crippen MR) is 111 cm³/mol. The fraction of sp³-hybridized carbons (Fsp3) is 0.100. The van der Waals surface area contributed by atoms with E-state index in [0.29, 0.717) is 21.2 Å². The van der Waals surface area contributed by atoms with Crippen molar-refractivity contribution >= 4 is 42.9 Å². The minimum atomic E-state index is -3.51. The van der Waals surface area contributed by atoms with E-state index in [4.69, 9.17) is 23.2 Å². The van der Waals surface area contributed by atoms with Gasteiger partial charge in [-0.25, -0.2) is 16.8 Å². The zero-order chi connectivity index (χ0) is 20.4. The van der Waals surface area contributed by atoms with E-state index in [-0.39, 0.29) is 21.3 Å². The smallest absolute Gasteiger partial charge is 0.182 e. The van der Waals surface area contributed by atoms with Crippen LogP contribution in [0.15, 0.2) is 82.6 Å². The number of benzene rings is 3. The lowest BCUT2D eigenvalue weighted by atomic mass is 10.2. The van der Waals surface area contributed by atoms with Crippen molar-refractivity contribution in [2.75, 3.05) is 0 Å². The summed E-state index contributed by atoms with van der Waals surface area (Å²) in [5, 5.41) is 0.926. The van der Waals surface area contributed by atoms with Crippen molar-refractivity contribution in [2.24, 2.45) is 0 Å². The molecule has 0 fully saturated rings. The minimum Gasteiger partial charge on any atom is -0.223 e. The number of halogens is 2. The summed E-state index contributed by atoms with van der Waals surface area (Å²) in [5.41, 5.74) is 1.14. The quantitative estimate of drug-likeness (QED) is 0.528. The summed E-state index contributed by atoms with van der Waals surface area (Å²) < 4.78 is 50.0. The molecule has 0 aliphatic rings. The van der Waals surface area contributed by atoms with E-state index >= 15 is 0 Å². The highest BCUT2D eigenvalue weighted by molar-refractivity contribution is 7.91. The van der Waals surface area contributed by atoms with Crippen molar-refractivity contribution in [3.63, 3.8) is 0 Å². The number of hydrogen-bond acceptors (Lipinski definition) is 4. The van der Waals surface area contributed by atoms with Crippen LogP contribution >= 0.6 is 23.2 Å². The molecular weight excluding hydrogens is 439 g/mol. The minimum absolute atomic E-state index is 0.182. The number of hydrogen-bond donors (Lipinski definition) is 0. The Morgan fingerprint density at radius 3 is 1.07 bits per heavy atom. The molecule has 0 atom stereocenters. The van der Waals surface area contributed by atoms with Crippen LogP contribution in [0.3, 0.4) is 0 Å². The van der Waals surface area contributed by atoms with E-state index in [9.17, 15) is 16.8 Å². The van der Waals surface area contributed by atoms with Crippen LogP contribution in [0, 0.1) is 0 Å². The Balaban J connectivity index is 1.74. The molecule has 0 unspecified atom stereocenters. The molecule has 4 nitrogen and oxygen atoms in total. The van der Waals surface area contributed by atoms with Crippen LogP contribution in [-0.4, -0.2) is 16.8 Å². The van der Waals surface area contributed by atoms with Crippen LogP contribution in [0.25, 0.3) is 0 Å². The largest absolute Gasteiger partial charge is 0.223 e. The van der Waals surface area contributed by atoms with Gasteiger partial charge >= 0.3 is 0 Å². The summed E-state index contributed by atoms with van der Waals surface area (Å²) in [6, 6.07) is 18.5. The van der Waals surface area contributed by atoms with Gasteiger partial charge in [-0.2, -0.15) is 0 Å². The van der Waals surface area contributed by atoms with Gasteiger partial charge in [-0.3, -0.25) is 0 Å². The molecule has 3 aromatic rings. The van der Waals surface area contributed by atoms with Crippen molar-refractivity contribution in [1.29, 1.82) is 0 Å². The summed E-state index contributed by atoms with van der Waals surface area (Å²) in [7, 11) is -7.03. The third kappa shape index (κ3) is 5.14. The maximum Gasteiger partial charge on any atom is 0.182 e. The van der Waals surface area contributed by atoms with E-state index < -0.39 is 19.7 Å². The first-order chi connectivity index (χ1) is 13.2. The molecular formula is C20H16Cl2O4S2. The molecule has 0 amide bonds. The van der Waals surface area contributed by atoms with Gasteiger partial charge in [0.25, 0.3) is 0 Å². The molecule has 0 N–H and O–H groups in total. The Bertz CT molecular complexity index is 1070. The van der Waals surface area contributed by atoms with Crippen LogP contribution in [0.4, 0.5) is 0 Å². The first-order valence-electron chi connectivity index (χ1n) is 8.20. The van der Waals surface area contributed by atoms with Gasteiger partial charge in [0, 0.05) is 10.0 Å². The van der Waals surface area contributed by atoms with Crippen LogP contribution in [0.5, 0.6) is 0 Å². The first-order valence-corrected chi connectivity index (χ1v) is 12.3. The van der Waals surface area contributed by atoms with Crippen molar-refractivity contribution in [3.8, 4) is 0 Å². The topological polar surface area (TPSA) is 68.3 Å². The summed E-state index contributed by atoms with van der Waals surface area (Å²) in [4.78, 5) is 0.373. The molecule has 0 radical (unpaired) electrons. The van der Waals surface area contributed by atoms with Gasteiger partial charge in [-0.05, 0) is 59.7 Å². The Hall–Kier alpha value is -1.86. The number of sulfone groups is 2. The number of rotatable bonds is 6. The maximum absolute atomic E-state index is 12.5. The Kier molecular flexibility index (Phi) is 6.15. The standard InChI is InChI=1S/C20H16Cl2O4S2/c21-17-5-9-19(10-6-17)27(23,24)13-15-1-2-16(4-3-15)14-28(25,26)20-11-7-18(22)8-12-20/h1-12H,13-14H2. The van der Waals surface area contributed by atoms with Gasteiger partial charge in [0.05, 0.1) is 21.3 Å². The molecule has 0 saturated carbocycles. The lowest BCUT2D eigenvalue weighted by Crippen LogP contribution is -2.06. The third-order valence-electron chi connectivity index (χ3n) is 4.08. The first kappa shape index (κ1) is 20.9. The molecule has 0 heterocycles. The van der Waals surface area contributed by atoms with E-state index in [1.165, 1.54) is 48.5 Å². The average molecular weight is 455 g/mol. The summed E-state index contributed by atoms with van der Waals surface area (Å²) in [6.07, 6.45) is 0. The maximum atomic E-state index is 12.5. The molecule has 0 aromatic heterocycles. The van der Waals surface area contributed by atoms with Gasteiger partial charge in [-0.1, -0.05) is 47.5 Å². The Labute approximate surface area is 174 Å². The van der Waals surface area contributed by atoms with Gasteiger partial charge in [-0.15, -0.1) is 0 Å². The third-order valence-corrected chi connectivity index (χ3v) is 7.99. The molecule has 28 heavy (non-hydrogen) atoms. The zero-order valence-corrected chi connectivity index (χ0v) is 17.7. The Morgan fingerprint density at radius 2 is 0.786 bits per heavy atom. The molecule has 3 rings (SSSR count). The molecule has 0 spiro atoms. The average Bonchev–Trinajstić information content (AvgIpc) is 2.64. The molecule has 0 bridgehead atoms. The summed E-state index contributed by atoms with van der Waals surface area (Å²) >= 11 is 11.6. The zero-order valence-electron chi connectivity index (χ0n) is 14.5. The summed E-state index contributed by atoms with van der Waals surface area (Å²) in [6.45, 7) is 0. The predicted octanol–water partition coefficient (Wildman–Crippen LogP) is 4.94. The van der Waals surface area contributed by atoms with E-state index in [2.05, 4.69) is 0 Å². The SMILES string of the molecule is O=S(=O)(Cc1ccc(CS(=O)(=O)c2ccc(Cl)cc2)cc1)c1ccc(Cl)cc1. The second kappa shape index (κ2) is 8.25. The van der Waals surface area contributed by atoms with Gasteiger partial charge in [0.15, 0.2) is 19.7 Å². The van der Waals surface area contributed by atoms with Gasteiger partial charge < -0.3 is 0 Å². The van der Waals surface area contributed by atoms with E-state index in [1.54, 1.807) is 24.3 Å². The highest BCUT2D eigenvalue weighted by Gasteiger charge is 2.17. The van der Waals surface area contributed by atoms with Crippen molar-refractivity contribution < 1.29 is 16.8 Å². The van der Waals surface area contributed by atoms with Gasteiger partial charge in [0.2, 0.25) is 0 Å². The second-order valence-electron chi connectivity index (χ2n) is 6.24. The van der Waals surface area contributed by atoms with Crippen LogP contribution in [0.2, 0.25) is 10.0 Å². The van der Waals surface area contributed by atoms with Crippen LogP contribution in [-0.2, 0) is 31.2 Å². The molecule has 0 saturated heterocycles. The van der Waals surface area contributed by atoms with Crippen molar-refractivity contribution in [2.45, 2.75) is 21.3 Å². The molecule has 146 valence electrons. The van der Waals surface area contributed by atoms with Crippen LogP contribution < -0.4 is 0 Å². The van der Waals surface area contributed by atoms with Gasteiger partial charge in [0.1, 0.15) is 0 Å². The fourth-order valence-electron chi connectivity index (χ4n) is 2.62. The van der Waals surface area contributed by atoms with Crippen LogP contribution in [0.1, 0.15) is 11.1 Å². The molecule has 3 aromatic carbocycles. The summed E-state index contributed by atoms with van der Waals surface area (Å²) in [5.74, 6) is -0.363. The molecule has 0 aliphatic heterocycles. The Morgan fingerprint density at radius 1 is 0.500 bits per heavy atom. The highest BCUT2D eigenvalue weighted by atomic mass is 35.5.